The van der Waals surface area contributed by atoms with Crippen molar-refractivity contribution in [2.75, 3.05) is 23.3 Å². The van der Waals surface area contributed by atoms with E-state index in [0.717, 1.165) is 24.3 Å². The van der Waals surface area contributed by atoms with Gasteiger partial charge in [0.1, 0.15) is 5.76 Å². The average molecular weight is 482 g/mol. The van der Waals surface area contributed by atoms with Crippen LogP contribution in [-0.2, 0) is 22.2 Å². The monoisotopic (exact) mass is 481 g/mol. The van der Waals surface area contributed by atoms with Crippen LogP contribution in [-0.4, -0.2) is 35.2 Å². The number of hydrogen-bond acceptors (Lipinski definition) is 5. The molecule has 34 heavy (non-hydrogen) atoms. The fraction of sp³-hybridized carbons (Fsp3) is 0.542. The maximum atomic E-state index is 12.8. The predicted molar refractivity (Wildman–Crippen MR) is 121 cm³/mol. The molecule has 0 radical (unpaired) electrons. The molecule has 0 bridgehead atoms. The van der Waals surface area contributed by atoms with Gasteiger partial charge in [-0.15, -0.1) is 0 Å². The van der Waals surface area contributed by atoms with Crippen molar-refractivity contribution in [2.24, 2.45) is 17.8 Å². The summed E-state index contributed by atoms with van der Waals surface area (Å²) in [5.74, 6) is -1.50. The van der Waals surface area contributed by atoms with Crippen LogP contribution in [0.3, 0.4) is 0 Å². The number of carboxylic acid groups (broad SMARTS) is 1. The number of benzene rings is 1. The van der Waals surface area contributed by atoms with Gasteiger partial charge in [-0.3, -0.25) is 9.59 Å². The van der Waals surface area contributed by atoms with Gasteiger partial charge in [0, 0.05) is 19.2 Å². The molecule has 2 aromatic rings. The molecule has 0 aliphatic heterocycles. The number of aliphatic carboxylic acids is 1. The SMILES string of the molecule is CC(C)CN(CC(C)C)c1ccc([C@@H]2C[C@@H]2C(=O)O)cc1NC(=O)Cc1cc(C(F)(F)F)no1. The summed E-state index contributed by atoms with van der Waals surface area (Å²) < 4.78 is 43.0. The van der Waals surface area contributed by atoms with Gasteiger partial charge in [-0.05, 0) is 41.9 Å². The first-order valence-corrected chi connectivity index (χ1v) is 11.3. The smallest absolute Gasteiger partial charge is 0.436 e. The van der Waals surface area contributed by atoms with E-state index in [4.69, 9.17) is 0 Å². The molecular formula is C24H30F3N3O4. The highest BCUT2D eigenvalue weighted by Crippen LogP contribution is 2.49. The zero-order valence-corrected chi connectivity index (χ0v) is 19.6. The third-order valence-electron chi connectivity index (χ3n) is 5.53. The molecule has 1 aromatic carbocycles. The Morgan fingerprint density at radius 2 is 1.82 bits per heavy atom. The van der Waals surface area contributed by atoms with E-state index in [0.29, 0.717) is 30.0 Å². The highest BCUT2D eigenvalue weighted by molar-refractivity contribution is 5.95. The number of nitrogens with zero attached hydrogens (tertiary/aromatic N) is 2. The first-order chi connectivity index (χ1) is 15.8. The number of hydrogen-bond donors (Lipinski definition) is 2. The van der Waals surface area contributed by atoms with Crippen molar-refractivity contribution < 1.29 is 32.4 Å². The zero-order chi connectivity index (χ0) is 25.2. The van der Waals surface area contributed by atoms with Crippen LogP contribution in [0.1, 0.15) is 57.1 Å². The Bertz CT molecular complexity index is 1020. The van der Waals surface area contributed by atoms with E-state index in [1.54, 1.807) is 6.07 Å². The largest absolute Gasteiger partial charge is 0.481 e. The number of alkyl halides is 3. The Morgan fingerprint density at radius 1 is 1.18 bits per heavy atom. The Kier molecular flexibility index (Phi) is 7.57. The summed E-state index contributed by atoms with van der Waals surface area (Å²) in [5, 5.41) is 15.1. The summed E-state index contributed by atoms with van der Waals surface area (Å²) in [6.45, 7) is 9.82. The van der Waals surface area contributed by atoms with Crippen molar-refractivity contribution in [1.82, 2.24) is 5.16 Å². The van der Waals surface area contributed by atoms with Crippen molar-refractivity contribution in [3.8, 4) is 0 Å². The summed E-state index contributed by atoms with van der Waals surface area (Å²) in [6, 6.07) is 6.25. The molecule has 3 rings (SSSR count). The van der Waals surface area contributed by atoms with Crippen molar-refractivity contribution in [2.45, 2.75) is 52.6 Å². The third-order valence-corrected chi connectivity index (χ3v) is 5.53. The lowest BCUT2D eigenvalue weighted by molar-refractivity contribution is -0.142. The second kappa shape index (κ2) is 10.1. The van der Waals surface area contributed by atoms with Crippen LogP contribution < -0.4 is 10.2 Å². The number of carbonyl (C=O) groups excluding carboxylic acids is 1. The van der Waals surface area contributed by atoms with Crippen LogP contribution in [0.2, 0.25) is 0 Å². The molecule has 2 N–H and O–H groups in total. The topological polar surface area (TPSA) is 95.7 Å². The summed E-state index contributed by atoms with van der Waals surface area (Å²) in [4.78, 5) is 26.2. The summed E-state index contributed by atoms with van der Waals surface area (Å²) >= 11 is 0. The van der Waals surface area contributed by atoms with Gasteiger partial charge in [0.25, 0.3) is 0 Å². The fourth-order valence-electron chi connectivity index (χ4n) is 4.03. The Hall–Kier alpha value is -3.04. The molecule has 0 spiro atoms. The maximum Gasteiger partial charge on any atom is 0.436 e. The minimum Gasteiger partial charge on any atom is -0.481 e. The fourth-order valence-corrected chi connectivity index (χ4v) is 4.03. The molecule has 0 saturated heterocycles. The third kappa shape index (κ3) is 6.51. The average Bonchev–Trinajstić information content (AvgIpc) is 3.37. The second-order valence-corrected chi connectivity index (χ2v) is 9.66. The number of carbonyl (C=O) groups is 2. The molecule has 7 nitrogen and oxygen atoms in total. The quantitative estimate of drug-likeness (QED) is 0.486. The van der Waals surface area contributed by atoms with Gasteiger partial charge < -0.3 is 19.8 Å². The lowest BCUT2D eigenvalue weighted by Crippen LogP contribution is -2.32. The number of amides is 1. The lowest BCUT2D eigenvalue weighted by Gasteiger charge is -2.30. The normalized spacial score (nSPS) is 17.8. The van der Waals surface area contributed by atoms with Crippen molar-refractivity contribution >= 4 is 23.3 Å². The molecule has 1 amide bonds. The zero-order valence-electron chi connectivity index (χ0n) is 19.6. The van der Waals surface area contributed by atoms with Gasteiger partial charge >= 0.3 is 12.1 Å². The second-order valence-electron chi connectivity index (χ2n) is 9.66. The number of carboxylic acids is 1. The number of anilines is 2. The highest BCUT2D eigenvalue weighted by Gasteiger charge is 2.44. The highest BCUT2D eigenvalue weighted by atomic mass is 19.4. The molecule has 186 valence electrons. The molecule has 1 aliphatic rings. The van der Waals surface area contributed by atoms with E-state index in [2.05, 4.69) is 47.6 Å². The van der Waals surface area contributed by atoms with E-state index >= 15 is 0 Å². The van der Waals surface area contributed by atoms with E-state index < -0.39 is 36.1 Å². The number of rotatable bonds is 10. The summed E-state index contributed by atoms with van der Waals surface area (Å²) in [7, 11) is 0. The molecule has 1 heterocycles. The Balaban J connectivity index is 1.87. The lowest BCUT2D eigenvalue weighted by atomic mass is 10.0. The molecule has 1 fully saturated rings. The Labute approximate surface area is 196 Å². The first-order valence-electron chi connectivity index (χ1n) is 11.3. The molecule has 1 aliphatic carbocycles. The van der Waals surface area contributed by atoms with Crippen LogP contribution in [0.5, 0.6) is 0 Å². The van der Waals surface area contributed by atoms with E-state index in [9.17, 15) is 27.9 Å². The van der Waals surface area contributed by atoms with Crippen LogP contribution in [0, 0.1) is 17.8 Å². The summed E-state index contributed by atoms with van der Waals surface area (Å²) in [5.41, 5.74) is 0.891. The van der Waals surface area contributed by atoms with Gasteiger partial charge in [-0.1, -0.05) is 38.9 Å². The first kappa shape index (κ1) is 25.6. The molecule has 1 aromatic heterocycles. The van der Waals surface area contributed by atoms with Crippen LogP contribution in [0.15, 0.2) is 28.8 Å². The molecule has 10 heteroatoms. The van der Waals surface area contributed by atoms with Crippen LogP contribution in [0.25, 0.3) is 0 Å². The molecular weight excluding hydrogens is 451 g/mol. The maximum absolute atomic E-state index is 12.8. The van der Waals surface area contributed by atoms with Gasteiger partial charge in [0.05, 0.1) is 23.7 Å². The van der Waals surface area contributed by atoms with Crippen LogP contribution in [0.4, 0.5) is 24.5 Å². The number of halogens is 3. The standard InChI is InChI=1S/C24H30F3N3O4/c1-13(2)11-30(12-14(3)4)20-6-5-15(17-10-18(17)23(32)33)7-19(20)28-22(31)9-16-8-21(29-34-16)24(25,26)27/h5-8,13-14,17-18H,9-12H2,1-4H3,(H,28,31)(H,32,33)/t17-,18-/m0/s1. The van der Waals surface area contributed by atoms with Crippen molar-refractivity contribution in [3.63, 3.8) is 0 Å². The Morgan fingerprint density at radius 3 is 2.32 bits per heavy atom. The van der Waals surface area contributed by atoms with Gasteiger partial charge in [-0.2, -0.15) is 13.2 Å². The molecule has 2 atom stereocenters. The number of nitrogens with one attached hydrogen (secondary N) is 1. The van der Waals surface area contributed by atoms with E-state index in [1.807, 2.05) is 12.1 Å². The molecule has 1 saturated carbocycles. The van der Waals surface area contributed by atoms with Crippen molar-refractivity contribution in [3.05, 3.63) is 41.3 Å². The molecule has 0 unspecified atom stereocenters. The van der Waals surface area contributed by atoms with Crippen molar-refractivity contribution in [1.29, 1.82) is 0 Å². The number of aromatic nitrogens is 1. The minimum atomic E-state index is -4.65. The minimum absolute atomic E-state index is 0.130. The van der Waals surface area contributed by atoms with E-state index in [1.165, 1.54) is 0 Å². The van der Waals surface area contributed by atoms with Crippen LogP contribution >= 0.6 is 0 Å². The van der Waals surface area contributed by atoms with Gasteiger partial charge in [0.2, 0.25) is 5.91 Å². The predicted octanol–water partition coefficient (Wildman–Crippen LogP) is 5.18. The van der Waals surface area contributed by atoms with E-state index in [-0.39, 0.29) is 11.7 Å². The van der Waals surface area contributed by atoms with Gasteiger partial charge in [0.15, 0.2) is 5.69 Å². The summed E-state index contributed by atoms with van der Waals surface area (Å²) in [6.07, 6.45) is -4.54. The van der Waals surface area contributed by atoms with Gasteiger partial charge in [-0.25, -0.2) is 0 Å².